The summed E-state index contributed by atoms with van der Waals surface area (Å²) in [5, 5.41) is 0. The van der Waals surface area contributed by atoms with Crippen LogP contribution in [0.3, 0.4) is 0 Å². The number of benzene rings is 3. The third kappa shape index (κ3) is 8.12. The number of hydrogen-bond acceptors (Lipinski definition) is 1. The first-order chi connectivity index (χ1) is 18.1. The molecule has 3 aromatic rings. The van der Waals surface area contributed by atoms with E-state index in [1.54, 1.807) is 12.1 Å². The first kappa shape index (κ1) is 29.3. The number of halogens is 4. The van der Waals surface area contributed by atoms with E-state index in [9.17, 15) is 17.6 Å². The van der Waals surface area contributed by atoms with Gasteiger partial charge in [0.15, 0.2) is 0 Å². The van der Waals surface area contributed by atoms with Gasteiger partial charge in [0, 0.05) is 11.6 Å². The Hall–Kier alpha value is -3.26. The van der Waals surface area contributed by atoms with Gasteiger partial charge in [0.05, 0.1) is 11.1 Å². The van der Waals surface area contributed by atoms with Gasteiger partial charge in [-0.1, -0.05) is 77.0 Å². The van der Waals surface area contributed by atoms with Crippen molar-refractivity contribution < 1.29 is 22.3 Å². The summed E-state index contributed by atoms with van der Waals surface area (Å²) in [6.07, 6.45) is 2.50. The van der Waals surface area contributed by atoms with Crippen LogP contribution in [0.25, 0.3) is 0 Å². The van der Waals surface area contributed by atoms with Gasteiger partial charge in [-0.3, -0.25) is 0 Å². The highest BCUT2D eigenvalue weighted by molar-refractivity contribution is 5.49. The van der Waals surface area contributed by atoms with Crippen LogP contribution < -0.4 is 4.74 Å². The molecule has 0 bridgehead atoms. The van der Waals surface area contributed by atoms with Crippen molar-refractivity contribution in [3.63, 3.8) is 0 Å². The topological polar surface area (TPSA) is 9.23 Å². The lowest BCUT2D eigenvalue weighted by molar-refractivity contribution is -0.185. The minimum absolute atomic E-state index is 0.0208. The molecule has 3 rings (SSSR count). The van der Waals surface area contributed by atoms with Crippen LogP contribution in [0.2, 0.25) is 0 Å². The second-order valence-corrected chi connectivity index (χ2v) is 10.1. The van der Waals surface area contributed by atoms with E-state index in [0.717, 1.165) is 55.7 Å². The van der Waals surface area contributed by atoms with Gasteiger partial charge in [0.2, 0.25) is 0 Å². The van der Waals surface area contributed by atoms with Crippen LogP contribution in [0, 0.1) is 29.4 Å². The molecule has 0 spiro atoms. The van der Waals surface area contributed by atoms with Gasteiger partial charge in [0.25, 0.3) is 0 Å². The third-order valence-electron chi connectivity index (χ3n) is 6.30. The maximum Gasteiger partial charge on any atom is 0.426 e. The fourth-order valence-electron chi connectivity index (χ4n) is 4.31. The van der Waals surface area contributed by atoms with E-state index < -0.39 is 11.9 Å². The molecule has 0 fully saturated rings. The molecule has 0 aliphatic carbocycles. The second-order valence-electron chi connectivity index (χ2n) is 10.1. The molecule has 3 aromatic carbocycles. The summed E-state index contributed by atoms with van der Waals surface area (Å²) < 4.78 is 63.8. The Bertz CT molecular complexity index is 1270. The Morgan fingerprint density at radius 2 is 1.47 bits per heavy atom. The summed E-state index contributed by atoms with van der Waals surface area (Å²) in [5.74, 6) is 4.58. The Balaban J connectivity index is 1.81. The molecule has 0 atom stereocenters. The van der Waals surface area contributed by atoms with Crippen LogP contribution >= 0.6 is 0 Å². The molecule has 0 aromatic heterocycles. The zero-order valence-corrected chi connectivity index (χ0v) is 22.6. The van der Waals surface area contributed by atoms with Crippen LogP contribution in [0.5, 0.6) is 5.75 Å². The minimum Gasteiger partial charge on any atom is -0.429 e. The van der Waals surface area contributed by atoms with Gasteiger partial charge in [0.1, 0.15) is 17.4 Å². The van der Waals surface area contributed by atoms with Crippen molar-refractivity contribution >= 4 is 0 Å². The zero-order valence-electron chi connectivity index (χ0n) is 22.6. The average Bonchev–Trinajstić information content (AvgIpc) is 2.86. The summed E-state index contributed by atoms with van der Waals surface area (Å²) >= 11 is 0. The number of aryl methyl sites for hydroxylation is 2. The zero-order chi connectivity index (χ0) is 27.7. The molecular weight excluding hydrogens is 488 g/mol. The molecule has 0 radical (unpaired) electrons. The number of rotatable bonds is 11. The molecule has 0 saturated carbocycles. The van der Waals surface area contributed by atoms with Crippen molar-refractivity contribution in [3.8, 4) is 17.6 Å². The van der Waals surface area contributed by atoms with Crippen molar-refractivity contribution in [2.24, 2.45) is 5.92 Å². The normalized spacial score (nSPS) is 11.4. The van der Waals surface area contributed by atoms with Gasteiger partial charge in [-0.2, -0.15) is 8.78 Å². The third-order valence-corrected chi connectivity index (χ3v) is 6.30. The van der Waals surface area contributed by atoms with E-state index in [2.05, 4.69) is 32.6 Å². The van der Waals surface area contributed by atoms with E-state index in [0.29, 0.717) is 23.5 Å². The quantitative estimate of drug-likeness (QED) is 0.138. The van der Waals surface area contributed by atoms with Gasteiger partial charge in [-0.15, -0.1) is 0 Å². The van der Waals surface area contributed by atoms with Gasteiger partial charge in [-0.05, 0) is 78.6 Å². The first-order valence-corrected chi connectivity index (χ1v) is 13.4. The second kappa shape index (κ2) is 13.5. The Morgan fingerprint density at radius 3 is 2.11 bits per heavy atom. The highest BCUT2D eigenvalue weighted by atomic mass is 19.3. The number of hydrogen-bond donors (Lipinski definition) is 0. The van der Waals surface area contributed by atoms with Crippen LogP contribution in [-0.4, -0.2) is 0 Å². The van der Waals surface area contributed by atoms with Crippen molar-refractivity contribution in [1.82, 2.24) is 0 Å². The van der Waals surface area contributed by atoms with Crippen molar-refractivity contribution in [2.75, 3.05) is 0 Å². The van der Waals surface area contributed by atoms with E-state index in [1.807, 2.05) is 13.0 Å². The molecule has 0 aliphatic heterocycles. The summed E-state index contributed by atoms with van der Waals surface area (Å²) in [4.78, 5) is 0. The molecule has 5 heteroatoms. The van der Waals surface area contributed by atoms with Crippen molar-refractivity contribution in [3.05, 3.63) is 99.6 Å². The van der Waals surface area contributed by atoms with E-state index >= 15 is 0 Å². The van der Waals surface area contributed by atoms with Gasteiger partial charge < -0.3 is 4.74 Å². The van der Waals surface area contributed by atoms with Gasteiger partial charge in [-0.25, -0.2) is 8.78 Å². The highest BCUT2D eigenvalue weighted by Crippen LogP contribution is 2.32. The molecule has 202 valence electrons. The summed E-state index contributed by atoms with van der Waals surface area (Å²) in [7, 11) is 0. The SMILES string of the molecule is CCCCCc1cc(CC(C)C)c(C#Cc2ccc(OC(F)(F)c3ccc(CCC)cc3)cc2F)cc1F. The molecule has 0 unspecified atom stereocenters. The standard InChI is InChI=1S/C33H36F4O/c1-5-7-8-10-27-20-28(19-23(3)4)26(21-31(27)34)14-13-25-15-18-30(22-32(25)35)38-33(36,37)29-16-11-24(9-6-2)12-17-29/h11-12,15-18,20-23H,5-10,19H2,1-4H3. The number of alkyl halides is 2. The average molecular weight is 525 g/mol. The largest absolute Gasteiger partial charge is 0.429 e. The lowest BCUT2D eigenvalue weighted by Gasteiger charge is -2.18. The van der Waals surface area contributed by atoms with Crippen molar-refractivity contribution in [1.29, 1.82) is 0 Å². The maximum absolute atomic E-state index is 14.8. The molecule has 0 heterocycles. The Kier molecular flexibility index (Phi) is 10.4. The number of unbranched alkanes of at least 4 members (excludes halogenated alkanes) is 2. The summed E-state index contributed by atoms with van der Waals surface area (Å²) in [6.45, 7) is 8.27. The van der Waals surface area contributed by atoms with E-state index in [1.165, 1.54) is 30.3 Å². The highest BCUT2D eigenvalue weighted by Gasteiger charge is 2.34. The molecule has 0 saturated heterocycles. The molecular formula is C33H36F4O. The summed E-state index contributed by atoms with van der Waals surface area (Å²) in [6, 6.07) is 12.7. The lowest BCUT2D eigenvalue weighted by Crippen LogP contribution is -2.22. The number of ether oxygens (including phenoxy) is 1. The smallest absolute Gasteiger partial charge is 0.426 e. The van der Waals surface area contributed by atoms with Crippen molar-refractivity contribution in [2.45, 2.75) is 78.7 Å². The van der Waals surface area contributed by atoms with Crippen LogP contribution in [-0.2, 0) is 25.4 Å². The lowest BCUT2D eigenvalue weighted by atomic mass is 9.94. The molecule has 0 amide bonds. The molecule has 1 nitrogen and oxygen atoms in total. The van der Waals surface area contributed by atoms with E-state index in [4.69, 9.17) is 4.74 Å². The minimum atomic E-state index is -3.62. The summed E-state index contributed by atoms with van der Waals surface area (Å²) in [5.41, 5.74) is 2.78. The fourth-order valence-corrected chi connectivity index (χ4v) is 4.31. The maximum atomic E-state index is 14.8. The predicted molar refractivity (Wildman–Crippen MR) is 146 cm³/mol. The van der Waals surface area contributed by atoms with Crippen LogP contribution in [0.1, 0.15) is 86.8 Å². The van der Waals surface area contributed by atoms with Crippen LogP contribution in [0.15, 0.2) is 54.6 Å². The predicted octanol–water partition coefficient (Wildman–Crippen LogP) is 9.38. The van der Waals surface area contributed by atoms with Crippen LogP contribution in [0.4, 0.5) is 17.6 Å². The molecule has 38 heavy (non-hydrogen) atoms. The van der Waals surface area contributed by atoms with E-state index in [-0.39, 0.29) is 22.7 Å². The first-order valence-electron chi connectivity index (χ1n) is 13.4. The monoisotopic (exact) mass is 524 g/mol. The Labute approximate surface area is 224 Å². The van der Waals surface area contributed by atoms with Gasteiger partial charge >= 0.3 is 6.11 Å². The Morgan fingerprint density at radius 1 is 0.763 bits per heavy atom. The molecule has 0 N–H and O–H groups in total. The molecule has 0 aliphatic rings. The fraction of sp³-hybridized carbons (Fsp3) is 0.394.